The van der Waals surface area contributed by atoms with Crippen LogP contribution in [0.4, 0.5) is 5.95 Å². The van der Waals surface area contributed by atoms with Gasteiger partial charge in [0.25, 0.3) is 5.56 Å². The standard InChI is InChI=1S/C14H21N5O5/c1-17(2)14-16-11-8(12(22)18(14)3)15-6-19(11)13-10(23-4)9(21)7(5-20)24-13/h6-7,9-10,13,20-21H,5H2,1-4H3/t7-,9-,10-,13-/m1/s1. The van der Waals surface area contributed by atoms with Gasteiger partial charge in [-0.3, -0.25) is 13.9 Å². The van der Waals surface area contributed by atoms with Crippen LogP contribution in [-0.4, -0.2) is 75.4 Å². The zero-order valence-electron chi connectivity index (χ0n) is 13.9. The van der Waals surface area contributed by atoms with E-state index in [0.717, 1.165) is 0 Å². The summed E-state index contributed by atoms with van der Waals surface area (Å²) in [4.78, 5) is 22.8. The van der Waals surface area contributed by atoms with Crippen LogP contribution in [0.1, 0.15) is 6.23 Å². The third-order valence-electron chi connectivity index (χ3n) is 4.22. The van der Waals surface area contributed by atoms with E-state index in [4.69, 9.17) is 9.47 Å². The van der Waals surface area contributed by atoms with Crippen LogP contribution in [-0.2, 0) is 16.5 Å². The van der Waals surface area contributed by atoms with E-state index in [-0.39, 0.29) is 17.7 Å². The number of hydrogen-bond donors (Lipinski definition) is 2. The van der Waals surface area contributed by atoms with Gasteiger partial charge in [-0.2, -0.15) is 4.98 Å². The number of nitrogens with zero attached hydrogens (tertiary/aromatic N) is 5. The fourth-order valence-electron chi connectivity index (χ4n) is 2.97. The number of aliphatic hydroxyl groups is 2. The summed E-state index contributed by atoms with van der Waals surface area (Å²) in [7, 11) is 6.63. The van der Waals surface area contributed by atoms with Gasteiger partial charge in [0, 0.05) is 28.3 Å². The summed E-state index contributed by atoms with van der Waals surface area (Å²) in [5.74, 6) is 0.459. The molecule has 4 atom stereocenters. The summed E-state index contributed by atoms with van der Waals surface area (Å²) < 4.78 is 14.0. The zero-order valence-corrected chi connectivity index (χ0v) is 13.9. The van der Waals surface area contributed by atoms with Gasteiger partial charge >= 0.3 is 0 Å². The number of anilines is 1. The van der Waals surface area contributed by atoms with Gasteiger partial charge in [-0.25, -0.2) is 4.98 Å². The van der Waals surface area contributed by atoms with E-state index in [9.17, 15) is 15.0 Å². The number of ether oxygens (including phenoxy) is 2. The number of imidazole rings is 1. The van der Waals surface area contributed by atoms with Crippen molar-refractivity contribution in [2.24, 2.45) is 7.05 Å². The fraction of sp³-hybridized carbons (Fsp3) is 0.643. The second-order valence-corrected chi connectivity index (χ2v) is 5.93. The highest BCUT2D eigenvalue weighted by molar-refractivity contribution is 5.71. The molecule has 10 heteroatoms. The van der Waals surface area contributed by atoms with Crippen molar-refractivity contribution in [3.8, 4) is 0 Å². The van der Waals surface area contributed by atoms with Gasteiger partial charge in [0.05, 0.1) is 12.9 Å². The molecule has 0 saturated carbocycles. The molecular formula is C14H21N5O5. The van der Waals surface area contributed by atoms with Gasteiger partial charge in [-0.15, -0.1) is 0 Å². The molecule has 10 nitrogen and oxygen atoms in total. The van der Waals surface area contributed by atoms with Crippen LogP contribution in [0.3, 0.4) is 0 Å². The van der Waals surface area contributed by atoms with Crippen molar-refractivity contribution in [2.45, 2.75) is 24.5 Å². The van der Waals surface area contributed by atoms with Crippen LogP contribution in [0.2, 0.25) is 0 Å². The zero-order chi connectivity index (χ0) is 17.6. The Morgan fingerprint density at radius 1 is 1.46 bits per heavy atom. The number of methoxy groups -OCH3 is 1. The van der Waals surface area contributed by atoms with Crippen molar-refractivity contribution in [1.82, 2.24) is 19.1 Å². The second-order valence-electron chi connectivity index (χ2n) is 5.93. The summed E-state index contributed by atoms with van der Waals surface area (Å²) in [5, 5.41) is 19.5. The Balaban J connectivity index is 2.15. The molecule has 1 aliphatic heterocycles. The molecule has 0 radical (unpaired) electrons. The largest absolute Gasteiger partial charge is 0.394 e. The summed E-state index contributed by atoms with van der Waals surface area (Å²) in [6.45, 7) is -0.345. The minimum atomic E-state index is -0.998. The maximum absolute atomic E-state index is 12.5. The average Bonchev–Trinajstić information content (AvgIpc) is 3.10. The normalized spacial score (nSPS) is 27.1. The first kappa shape index (κ1) is 16.8. The van der Waals surface area contributed by atoms with Gasteiger partial charge in [-0.05, 0) is 0 Å². The maximum Gasteiger partial charge on any atom is 0.282 e. The van der Waals surface area contributed by atoms with Gasteiger partial charge in [-0.1, -0.05) is 0 Å². The smallest absolute Gasteiger partial charge is 0.282 e. The lowest BCUT2D eigenvalue weighted by atomic mass is 10.1. The van der Waals surface area contributed by atoms with E-state index in [1.165, 1.54) is 18.0 Å². The maximum atomic E-state index is 12.5. The molecule has 2 aromatic rings. The van der Waals surface area contributed by atoms with Crippen LogP contribution in [0.5, 0.6) is 0 Å². The lowest BCUT2D eigenvalue weighted by Gasteiger charge is -2.21. The first-order chi connectivity index (χ1) is 11.4. The highest BCUT2D eigenvalue weighted by Crippen LogP contribution is 2.32. The Morgan fingerprint density at radius 3 is 2.75 bits per heavy atom. The second kappa shape index (κ2) is 6.13. The molecule has 0 amide bonds. The molecule has 3 rings (SSSR count). The molecular weight excluding hydrogens is 318 g/mol. The molecule has 0 aliphatic carbocycles. The predicted octanol–water partition coefficient (Wildman–Crippen LogP) is -1.54. The van der Waals surface area contributed by atoms with E-state index in [2.05, 4.69) is 9.97 Å². The highest BCUT2D eigenvalue weighted by Gasteiger charge is 2.45. The van der Waals surface area contributed by atoms with Gasteiger partial charge in [0.2, 0.25) is 5.95 Å². The molecule has 3 heterocycles. The quantitative estimate of drug-likeness (QED) is 0.689. The molecule has 1 fully saturated rings. The molecule has 24 heavy (non-hydrogen) atoms. The van der Waals surface area contributed by atoms with Gasteiger partial charge in [0.15, 0.2) is 17.4 Å². The van der Waals surface area contributed by atoms with Gasteiger partial charge in [0.1, 0.15) is 18.3 Å². The van der Waals surface area contributed by atoms with Gasteiger partial charge < -0.3 is 24.6 Å². The molecule has 132 valence electrons. The predicted molar refractivity (Wildman–Crippen MR) is 84.9 cm³/mol. The topological polar surface area (TPSA) is 115 Å². The van der Waals surface area contributed by atoms with E-state index in [1.807, 2.05) is 0 Å². The summed E-state index contributed by atoms with van der Waals surface area (Å²) in [6, 6.07) is 0. The summed E-state index contributed by atoms with van der Waals surface area (Å²) in [5.41, 5.74) is 0.247. The molecule has 2 N–H and O–H groups in total. The Labute approximate surface area is 137 Å². The monoisotopic (exact) mass is 339 g/mol. The Hall–Kier alpha value is -2.01. The first-order valence-electron chi connectivity index (χ1n) is 7.48. The summed E-state index contributed by atoms with van der Waals surface area (Å²) in [6.07, 6.45) is -1.81. The van der Waals surface area contributed by atoms with Crippen molar-refractivity contribution < 1.29 is 19.7 Å². The molecule has 0 unspecified atom stereocenters. The molecule has 0 bridgehead atoms. The number of hydrogen-bond acceptors (Lipinski definition) is 8. The van der Waals surface area contributed by atoms with Crippen molar-refractivity contribution >= 4 is 17.1 Å². The SMILES string of the molecule is CO[C@@H]1[C@H](O)[C@@H](CO)O[C@H]1n1cnc2c(=O)n(C)c(N(C)C)nc21. The molecule has 0 spiro atoms. The Kier molecular flexibility index (Phi) is 4.30. The third-order valence-corrected chi connectivity index (χ3v) is 4.22. The van der Waals surface area contributed by atoms with Crippen LogP contribution in [0.15, 0.2) is 11.1 Å². The first-order valence-corrected chi connectivity index (χ1v) is 7.48. The van der Waals surface area contributed by atoms with E-state index >= 15 is 0 Å². The number of aliphatic hydroxyl groups excluding tert-OH is 2. The van der Waals surface area contributed by atoms with Crippen molar-refractivity contribution in [1.29, 1.82) is 0 Å². The number of rotatable bonds is 4. The van der Waals surface area contributed by atoms with E-state index in [1.54, 1.807) is 30.6 Å². The molecule has 1 aliphatic rings. The third kappa shape index (κ3) is 2.38. The fourth-order valence-corrected chi connectivity index (χ4v) is 2.97. The summed E-state index contributed by atoms with van der Waals surface area (Å²) >= 11 is 0. The molecule has 0 aromatic carbocycles. The van der Waals surface area contributed by atoms with Crippen molar-refractivity contribution in [3.63, 3.8) is 0 Å². The van der Waals surface area contributed by atoms with E-state index in [0.29, 0.717) is 11.6 Å². The lowest BCUT2D eigenvalue weighted by Crippen LogP contribution is -2.34. The Morgan fingerprint density at radius 2 is 2.17 bits per heavy atom. The van der Waals surface area contributed by atoms with Crippen LogP contribution in [0.25, 0.3) is 11.2 Å². The minimum absolute atomic E-state index is 0.198. The van der Waals surface area contributed by atoms with Crippen molar-refractivity contribution in [2.75, 3.05) is 32.7 Å². The number of aromatic nitrogens is 4. The minimum Gasteiger partial charge on any atom is -0.394 e. The van der Waals surface area contributed by atoms with E-state index < -0.39 is 24.5 Å². The average molecular weight is 339 g/mol. The van der Waals surface area contributed by atoms with Crippen molar-refractivity contribution in [3.05, 3.63) is 16.7 Å². The van der Waals surface area contributed by atoms with Crippen LogP contribution in [0, 0.1) is 0 Å². The molecule has 1 saturated heterocycles. The molecule has 2 aromatic heterocycles. The number of fused-ring (bicyclic) bond motifs is 1. The highest BCUT2D eigenvalue weighted by atomic mass is 16.6. The van der Waals surface area contributed by atoms with Crippen LogP contribution < -0.4 is 10.5 Å². The Bertz CT molecular complexity index is 801. The lowest BCUT2D eigenvalue weighted by molar-refractivity contribution is -0.0583. The van der Waals surface area contributed by atoms with Crippen LogP contribution >= 0.6 is 0 Å².